The molecule has 1 aliphatic heterocycles. The van der Waals surface area contributed by atoms with Gasteiger partial charge < -0.3 is 9.47 Å². The molecule has 1 aliphatic rings. The molecule has 0 radical (unpaired) electrons. The molecule has 0 unspecified atom stereocenters. The van der Waals surface area contributed by atoms with E-state index in [2.05, 4.69) is 15.9 Å². The van der Waals surface area contributed by atoms with Crippen LogP contribution < -0.4 is 4.74 Å². The number of ether oxygens (including phenoxy) is 2. The van der Waals surface area contributed by atoms with Crippen LogP contribution in [0.25, 0.3) is 6.08 Å². The van der Waals surface area contributed by atoms with E-state index in [1.165, 1.54) is 12.1 Å². The Hall–Kier alpha value is -2.62. The Labute approximate surface area is 195 Å². The van der Waals surface area contributed by atoms with Crippen LogP contribution in [0.5, 0.6) is 5.75 Å². The number of benzene rings is 2. The lowest BCUT2D eigenvalue weighted by atomic mass is 10.1. The summed E-state index contributed by atoms with van der Waals surface area (Å²) in [6.07, 6.45) is 1.43. The molecule has 10 heteroatoms. The number of amides is 2. The smallest absolute Gasteiger partial charge is 0.345 e. The fourth-order valence-electron chi connectivity index (χ4n) is 2.62. The molecular formula is C21H15BrClNO6S. The van der Waals surface area contributed by atoms with Crippen molar-refractivity contribution in [1.29, 1.82) is 0 Å². The van der Waals surface area contributed by atoms with Crippen molar-refractivity contribution in [2.75, 3.05) is 13.2 Å². The van der Waals surface area contributed by atoms with Crippen molar-refractivity contribution in [3.05, 3.63) is 68.0 Å². The first-order chi connectivity index (χ1) is 14.8. The molecule has 3 rings (SSSR count). The van der Waals surface area contributed by atoms with Gasteiger partial charge in [0, 0.05) is 10.0 Å². The molecule has 0 bridgehead atoms. The van der Waals surface area contributed by atoms with Crippen LogP contribution in [0.4, 0.5) is 4.79 Å². The number of imide groups is 1. The number of thioether (sulfide) groups is 1. The van der Waals surface area contributed by atoms with Crippen LogP contribution in [0.2, 0.25) is 5.02 Å². The third kappa shape index (κ3) is 5.55. The monoisotopic (exact) mass is 523 g/mol. The number of rotatable bonds is 6. The Balaban J connectivity index is 1.87. The normalized spacial score (nSPS) is 14.8. The van der Waals surface area contributed by atoms with Crippen LogP contribution in [0.1, 0.15) is 22.8 Å². The van der Waals surface area contributed by atoms with E-state index >= 15 is 0 Å². The number of hydrogen-bond acceptors (Lipinski definition) is 7. The third-order valence-corrected chi connectivity index (χ3v) is 5.75. The third-order valence-electron chi connectivity index (χ3n) is 4.02. The van der Waals surface area contributed by atoms with Gasteiger partial charge in [-0.15, -0.1) is 0 Å². The van der Waals surface area contributed by atoms with Crippen molar-refractivity contribution in [3.8, 4) is 5.75 Å². The highest BCUT2D eigenvalue weighted by Gasteiger charge is 2.36. The minimum Gasteiger partial charge on any atom is -0.465 e. The Bertz CT molecular complexity index is 1100. The molecule has 1 fully saturated rings. The molecule has 0 saturated carbocycles. The van der Waals surface area contributed by atoms with Gasteiger partial charge in [0.2, 0.25) is 0 Å². The molecule has 2 amide bonds. The van der Waals surface area contributed by atoms with E-state index in [1.807, 2.05) is 0 Å². The number of carbonyl (C=O) groups is 4. The maximum Gasteiger partial charge on any atom is 0.345 e. The van der Waals surface area contributed by atoms with E-state index in [1.54, 1.807) is 43.3 Å². The molecule has 0 spiro atoms. The summed E-state index contributed by atoms with van der Waals surface area (Å²) in [6, 6.07) is 11.3. The van der Waals surface area contributed by atoms with Gasteiger partial charge in [-0.3, -0.25) is 19.3 Å². The fourth-order valence-corrected chi connectivity index (χ4v) is 4.04. The molecule has 0 aromatic heterocycles. The van der Waals surface area contributed by atoms with E-state index in [0.717, 1.165) is 4.90 Å². The second-order valence-electron chi connectivity index (χ2n) is 6.12. The number of hydrogen-bond donors (Lipinski definition) is 0. The lowest BCUT2D eigenvalue weighted by Crippen LogP contribution is -2.34. The summed E-state index contributed by atoms with van der Waals surface area (Å²) in [7, 11) is 0. The second kappa shape index (κ2) is 10.1. The van der Waals surface area contributed by atoms with Gasteiger partial charge in [0.1, 0.15) is 12.3 Å². The van der Waals surface area contributed by atoms with Gasteiger partial charge in [-0.2, -0.15) is 0 Å². The van der Waals surface area contributed by atoms with Crippen molar-refractivity contribution >= 4 is 68.5 Å². The second-order valence-corrected chi connectivity index (χ2v) is 8.44. The van der Waals surface area contributed by atoms with Crippen molar-refractivity contribution in [2.45, 2.75) is 6.92 Å². The summed E-state index contributed by atoms with van der Waals surface area (Å²) >= 11 is 10.1. The van der Waals surface area contributed by atoms with Crippen LogP contribution in [0.15, 0.2) is 51.8 Å². The van der Waals surface area contributed by atoms with Crippen LogP contribution in [0.3, 0.4) is 0 Å². The highest BCUT2D eigenvalue weighted by atomic mass is 79.9. The standard InChI is InChI=1S/C21H15BrClNO6S/c1-2-29-18(25)11-24-19(26)17(31-21(24)28)10-12-9-13(22)7-8-16(12)30-20(27)14-5-3-4-6-15(14)23/h3-10H,2,11H2,1H3/b17-10-. The molecule has 2 aromatic rings. The summed E-state index contributed by atoms with van der Waals surface area (Å²) in [4.78, 5) is 49.9. The van der Waals surface area contributed by atoms with Gasteiger partial charge in [-0.1, -0.05) is 39.7 Å². The van der Waals surface area contributed by atoms with E-state index in [9.17, 15) is 19.2 Å². The summed E-state index contributed by atoms with van der Waals surface area (Å²) in [5, 5.41) is -0.347. The largest absolute Gasteiger partial charge is 0.465 e. The highest BCUT2D eigenvalue weighted by molar-refractivity contribution is 9.10. The molecule has 2 aromatic carbocycles. The Kier molecular flexibility index (Phi) is 7.53. The van der Waals surface area contributed by atoms with Gasteiger partial charge in [-0.25, -0.2) is 4.79 Å². The predicted octanol–water partition coefficient (Wildman–Crippen LogP) is 4.92. The lowest BCUT2D eigenvalue weighted by Gasteiger charge is -2.11. The van der Waals surface area contributed by atoms with Crippen LogP contribution in [-0.2, 0) is 14.3 Å². The minimum absolute atomic E-state index is 0.0856. The first-order valence-corrected chi connectivity index (χ1v) is 11.0. The fraction of sp³-hybridized carbons (Fsp3) is 0.143. The first kappa shape index (κ1) is 23.1. The van der Waals surface area contributed by atoms with Gasteiger partial charge in [0.05, 0.1) is 22.1 Å². The number of carbonyl (C=O) groups excluding carboxylic acids is 4. The summed E-state index contributed by atoms with van der Waals surface area (Å²) in [5.41, 5.74) is 0.573. The molecule has 0 aliphatic carbocycles. The zero-order valence-electron chi connectivity index (χ0n) is 16.1. The topological polar surface area (TPSA) is 90.0 Å². The molecule has 160 valence electrons. The zero-order chi connectivity index (χ0) is 22.5. The molecule has 0 N–H and O–H groups in total. The number of halogens is 2. The van der Waals surface area contributed by atoms with Gasteiger partial charge in [0.15, 0.2) is 0 Å². The van der Waals surface area contributed by atoms with Gasteiger partial charge in [0.25, 0.3) is 11.1 Å². The quantitative estimate of drug-likeness (QED) is 0.301. The molecule has 7 nitrogen and oxygen atoms in total. The van der Waals surface area contributed by atoms with Crippen LogP contribution >= 0.6 is 39.3 Å². The number of nitrogens with zero attached hydrogens (tertiary/aromatic N) is 1. The van der Waals surface area contributed by atoms with Crippen molar-refractivity contribution in [2.24, 2.45) is 0 Å². The average molecular weight is 525 g/mol. The predicted molar refractivity (Wildman–Crippen MR) is 120 cm³/mol. The molecule has 0 atom stereocenters. The highest BCUT2D eigenvalue weighted by Crippen LogP contribution is 2.35. The van der Waals surface area contributed by atoms with Crippen LogP contribution in [-0.4, -0.2) is 41.1 Å². The molecule has 1 heterocycles. The van der Waals surface area contributed by atoms with Crippen molar-refractivity contribution in [3.63, 3.8) is 0 Å². The average Bonchev–Trinajstić information content (AvgIpc) is 2.98. The minimum atomic E-state index is -0.678. The molecular weight excluding hydrogens is 510 g/mol. The summed E-state index contributed by atoms with van der Waals surface area (Å²) < 4.78 is 10.9. The van der Waals surface area contributed by atoms with Gasteiger partial charge in [-0.05, 0) is 55.1 Å². The van der Waals surface area contributed by atoms with Gasteiger partial charge >= 0.3 is 11.9 Å². The van der Waals surface area contributed by atoms with E-state index < -0.39 is 29.6 Å². The molecule has 1 saturated heterocycles. The van der Waals surface area contributed by atoms with E-state index in [-0.39, 0.29) is 27.8 Å². The molecule has 31 heavy (non-hydrogen) atoms. The van der Waals surface area contributed by atoms with E-state index in [4.69, 9.17) is 21.1 Å². The maximum absolute atomic E-state index is 12.6. The summed E-state index contributed by atoms with van der Waals surface area (Å²) in [6.45, 7) is 1.30. The van der Waals surface area contributed by atoms with Crippen molar-refractivity contribution in [1.82, 2.24) is 4.90 Å². The Morgan fingerprint density at radius 2 is 1.94 bits per heavy atom. The first-order valence-electron chi connectivity index (χ1n) is 8.97. The Morgan fingerprint density at radius 3 is 2.65 bits per heavy atom. The Morgan fingerprint density at radius 1 is 1.19 bits per heavy atom. The maximum atomic E-state index is 12.6. The van der Waals surface area contributed by atoms with Crippen molar-refractivity contribution < 1.29 is 28.7 Å². The number of esters is 2. The lowest BCUT2D eigenvalue weighted by molar-refractivity contribution is -0.145. The van der Waals surface area contributed by atoms with Crippen LogP contribution in [0, 0.1) is 0 Å². The SMILES string of the molecule is CCOC(=O)CN1C(=O)S/C(=C\c2cc(Br)ccc2OC(=O)c2ccccc2Cl)C1=O. The summed E-state index contributed by atoms with van der Waals surface area (Å²) in [5.74, 6) is -1.81. The van der Waals surface area contributed by atoms with E-state index in [0.29, 0.717) is 21.8 Å². The zero-order valence-corrected chi connectivity index (χ0v) is 19.3.